The summed E-state index contributed by atoms with van der Waals surface area (Å²) in [7, 11) is 0. The van der Waals surface area contributed by atoms with Gasteiger partial charge in [-0.25, -0.2) is 0 Å². The zero-order chi connectivity index (χ0) is 11.4. The van der Waals surface area contributed by atoms with Crippen molar-refractivity contribution in [3.8, 4) is 0 Å². The first-order chi connectivity index (χ1) is 7.79. The number of nitrogens with one attached hydrogen (secondary N) is 1. The SMILES string of the molecule is CCc1ccsc1CNCc1noc(C)n1. The molecule has 0 aromatic carbocycles. The Labute approximate surface area is 98.7 Å². The third kappa shape index (κ3) is 2.68. The van der Waals surface area contributed by atoms with Gasteiger partial charge >= 0.3 is 0 Å². The number of aromatic nitrogens is 2. The second-order valence-electron chi connectivity index (χ2n) is 3.56. The number of nitrogens with zero attached hydrogens (tertiary/aromatic N) is 2. The van der Waals surface area contributed by atoms with E-state index in [0.29, 0.717) is 18.3 Å². The molecule has 0 fully saturated rings. The van der Waals surface area contributed by atoms with Crippen molar-refractivity contribution in [2.24, 2.45) is 0 Å². The Morgan fingerprint density at radius 2 is 2.31 bits per heavy atom. The third-order valence-electron chi connectivity index (χ3n) is 2.36. The van der Waals surface area contributed by atoms with Crippen LogP contribution in [0, 0.1) is 6.92 Å². The number of thiophene rings is 1. The molecule has 0 amide bonds. The molecule has 1 N–H and O–H groups in total. The van der Waals surface area contributed by atoms with Crippen molar-refractivity contribution in [3.05, 3.63) is 33.6 Å². The molecular weight excluding hydrogens is 222 g/mol. The minimum absolute atomic E-state index is 0.613. The quantitative estimate of drug-likeness (QED) is 0.867. The molecule has 16 heavy (non-hydrogen) atoms. The molecule has 0 aliphatic heterocycles. The van der Waals surface area contributed by atoms with Gasteiger partial charge in [-0.1, -0.05) is 12.1 Å². The molecule has 0 spiro atoms. The highest BCUT2D eigenvalue weighted by molar-refractivity contribution is 7.10. The molecule has 0 radical (unpaired) electrons. The monoisotopic (exact) mass is 237 g/mol. The van der Waals surface area contributed by atoms with Gasteiger partial charge in [0.05, 0.1) is 6.54 Å². The molecule has 2 aromatic rings. The van der Waals surface area contributed by atoms with E-state index in [-0.39, 0.29) is 0 Å². The van der Waals surface area contributed by atoms with E-state index in [0.717, 1.165) is 13.0 Å². The number of hydrogen-bond acceptors (Lipinski definition) is 5. The molecule has 0 saturated heterocycles. The van der Waals surface area contributed by atoms with E-state index < -0.39 is 0 Å². The predicted octanol–water partition coefficient (Wildman–Crippen LogP) is 2.29. The maximum absolute atomic E-state index is 4.90. The summed E-state index contributed by atoms with van der Waals surface area (Å²) < 4.78 is 4.90. The topological polar surface area (TPSA) is 51.0 Å². The normalized spacial score (nSPS) is 10.9. The third-order valence-corrected chi connectivity index (χ3v) is 3.32. The van der Waals surface area contributed by atoms with Crippen LogP contribution in [0.4, 0.5) is 0 Å². The first-order valence-electron chi connectivity index (χ1n) is 5.34. The van der Waals surface area contributed by atoms with Gasteiger partial charge in [0.2, 0.25) is 5.89 Å². The van der Waals surface area contributed by atoms with E-state index in [1.165, 1.54) is 10.4 Å². The van der Waals surface area contributed by atoms with Crippen LogP contribution in [-0.4, -0.2) is 10.1 Å². The van der Waals surface area contributed by atoms with Crippen molar-refractivity contribution in [2.75, 3.05) is 0 Å². The summed E-state index contributed by atoms with van der Waals surface area (Å²) in [5, 5.41) is 9.28. The van der Waals surface area contributed by atoms with Crippen molar-refractivity contribution in [1.29, 1.82) is 0 Å². The predicted molar refractivity (Wildman–Crippen MR) is 63.3 cm³/mol. The fourth-order valence-electron chi connectivity index (χ4n) is 1.54. The van der Waals surface area contributed by atoms with Gasteiger partial charge in [0.25, 0.3) is 0 Å². The molecule has 0 atom stereocenters. The summed E-state index contributed by atoms with van der Waals surface area (Å²) in [5.74, 6) is 1.33. The zero-order valence-corrected chi connectivity index (χ0v) is 10.3. The molecular formula is C11H15N3OS. The summed E-state index contributed by atoms with van der Waals surface area (Å²) in [6, 6.07) is 2.18. The van der Waals surface area contributed by atoms with Gasteiger partial charge in [-0.15, -0.1) is 11.3 Å². The van der Waals surface area contributed by atoms with E-state index >= 15 is 0 Å². The summed E-state index contributed by atoms with van der Waals surface area (Å²) in [4.78, 5) is 5.53. The van der Waals surface area contributed by atoms with E-state index in [4.69, 9.17) is 4.52 Å². The first kappa shape index (κ1) is 11.3. The average molecular weight is 237 g/mol. The van der Waals surface area contributed by atoms with E-state index in [9.17, 15) is 0 Å². The van der Waals surface area contributed by atoms with Crippen LogP contribution < -0.4 is 5.32 Å². The fraction of sp³-hybridized carbons (Fsp3) is 0.455. The van der Waals surface area contributed by atoms with Crippen molar-refractivity contribution in [1.82, 2.24) is 15.5 Å². The average Bonchev–Trinajstić information content (AvgIpc) is 2.87. The Morgan fingerprint density at radius 1 is 1.44 bits per heavy atom. The van der Waals surface area contributed by atoms with Gasteiger partial charge in [-0.2, -0.15) is 4.98 Å². The van der Waals surface area contributed by atoms with Crippen molar-refractivity contribution < 1.29 is 4.52 Å². The van der Waals surface area contributed by atoms with Crippen LogP contribution in [-0.2, 0) is 19.5 Å². The molecule has 2 heterocycles. The second kappa shape index (κ2) is 5.23. The van der Waals surface area contributed by atoms with Crippen LogP contribution in [0.25, 0.3) is 0 Å². The standard InChI is InChI=1S/C11H15N3OS/c1-3-9-4-5-16-10(9)6-12-7-11-13-8(2)15-14-11/h4-5,12H,3,6-7H2,1-2H3. The van der Waals surface area contributed by atoms with Crippen LogP contribution >= 0.6 is 11.3 Å². The lowest BCUT2D eigenvalue weighted by Gasteiger charge is -2.01. The minimum atomic E-state index is 0.613. The molecule has 0 saturated carbocycles. The fourth-order valence-corrected chi connectivity index (χ4v) is 2.48. The number of rotatable bonds is 5. The van der Waals surface area contributed by atoms with Crippen molar-refractivity contribution in [2.45, 2.75) is 33.4 Å². The molecule has 2 aromatic heterocycles. The largest absolute Gasteiger partial charge is 0.340 e. The Morgan fingerprint density at radius 3 is 3.00 bits per heavy atom. The van der Waals surface area contributed by atoms with Crippen molar-refractivity contribution >= 4 is 11.3 Å². The maximum atomic E-state index is 4.90. The van der Waals surface area contributed by atoms with Crippen LogP contribution in [0.3, 0.4) is 0 Å². The Hall–Kier alpha value is -1.20. The highest BCUT2D eigenvalue weighted by atomic mass is 32.1. The molecule has 86 valence electrons. The second-order valence-corrected chi connectivity index (χ2v) is 4.56. The molecule has 2 rings (SSSR count). The van der Waals surface area contributed by atoms with Crippen LogP contribution in [0.5, 0.6) is 0 Å². The van der Waals surface area contributed by atoms with Crippen LogP contribution in [0.1, 0.15) is 29.1 Å². The molecule has 4 nitrogen and oxygen atoms in total. The zero-order valence-electron chi connectivity index (χ0n) is 9.49. The number of aryl methyl sites for hydroxylation is 2. The Balaban J connectivity index is 1.84. The lowest BCUT2D eigenvalue weighted by Crippen LogP contribution is -2.13. The minimum Gasteiger partial charge on any atom is -0.340 e. The summed E-state index contributed by atoms with van der Waals surface area (Å²) >= 11 is 1.79. The van der Waals surface area contributed by atoms with E-state index in [2.05, 4.69) is 33.8 Å². The van der Waals surface area contributed by atoms with Gasteiger partial charge in [-0.05, 0) is 23.4 Å². The highest BCUT2D eigenvalue weighted by Crippen LogP contribution is 2.16. The van der Waals surface area contributed by atoms with Crippen molar-refractivity contribution in [3.63, 3.8) is 0 Å². The van der Waals surface area contributed by atoms with Gasteiger partial charge in [0, 0.05) is 18.3 Å². The summed E-state index contributed by atoms with van der Waals surface area (Å²) in [6.07, 6.45) is 1.09. The van der Waals surface area contributed by atoms with Crippen LogP contribution in [0.15, 0.2) is 16.0 Å². The molecule has 0 unspecified atom stereocenters. The van der Waals surface area contributed by atoms with Gasteiger partial charge in [0.1, 0.15) is 0 Å². The van der Waals surface area contributed by atoms with Gasteiger partial charge in [-0.3, -0.25) is 0 Å². The maximum Gasteiger partial charge on any atom is 0.223 e. The first-order valence-corrected chi connectivity index (χ1v) is 6.22. The Bertz CT molecular complexity index is 450. The van der Waals surface area contributed by atoms with Gasteiger partial charge < -0.3 is 9.84 Å². The smallest absolute Gasteiger partial charge is 0.223 e. The van der Waals surface area contributed by atoms with Gasteiger partial charge in [0.15, 0.2) is 5.82 Å². The molecule has 0 aliphatic rings. The lowest BCUT2D eigenvalue weighted by molar-refractivity contribution is 0.385. The van der Waals surface area contributed by atoms with E-state index in [1.54, 1.807) is 18.3 Å². The Kier molecular flexibility index (Phi) is 3.69. The molecule has 0 aliphatic carbocycles. The molecule has 5 heteroatoms. The lowest BCUT2D eigenvalue weighted by atomic mass is 10.2. The van der Waals surface area contributed by atoms with Crippen LogP contribution in [0.2, 0.25) is 0 Å². The van der Waals surface area contributed by atoms with E-state index in [1.807, 2.05) is 0 Å². The summed E-state index contributed by atoms with van der Waals surface area (Å²) in [5.41, 5.74) is 1.42. The number of hydrogen-bond donors (Lipinski definition) is 1. The summed E-state index contributed by atoms with van der Waals surface area (Å²) in [6.45, 7) is 5.49. The highest BCUT2D eigenvalue weighted by Gasteiger charge is 2.04. The molecule has 0 bridgehead atoms.